The van der Waals surface area contributed by atoms with Gasteiger partial charge in [0.25, 0.3) is 11.5 Å². The number of hydrogen-bond acceptors (Lipinski definition) is 3. The van der Waals surface area contributed by atoms with Gasteiger partial charge in [0.1, 0.15) is 0 Å². The highest BCUT2D eigenvalue weighted by molar-refractivity contribution is 6.05. The van der Waals surface area contributed by atoms with Gasteiger partial charge in [0.05, 0.1) is 5.39 Å². The Morgan fingerprint density at radius 3 is 2.36 bits per heavy atom. The largest absolute Gasteiger partial charge is 0.331 e. The van der Waals surface area contributed by atoms with Crippen LogP contribution in [0.2, 0.25) is 0 Å². The quantitative estimate of drug-likeness (QED) is 0.858. The van der Waals surface area contributed by atoms with Crippen molar-refractivity contribution in [3.63, 3.8) is 0 Å². The summed E-state index contributed by atoms with van der Waals surface area (Å²) in [5.41, 5.74) is 0.319. The third kappa shape index (κ3) is 2.96. The Hall–Kier alpha value is -2.17. The molecular weight excluding hydrogens is 314 g/mol. The number of nitrogens with zero attached hydrogens (tertiary/aromatic N) is 3. The van der Waals surface area contributed by atoms with Crippen LogP contribution >= 0.6 is 0 Å². The summed E-state index contributed by atoms with van der Waals surface area (Å²) < 4.78 is 1.42. The molecule has 2 fully saturated rings. The maximum absolute atomic E-state index is 13.5. The van der Waals surface area contributed by atoms with Crippen molar-refractivity contribution in [2.24, 2.45) is 0 Å². The van der Waals surface area contributed by atoms with E-state index in [0.717, 1.165) is 25.7 Å². The standard InChI is InChI=1S/C20H25N3O2/c1-2-22-19(24)17-11-7-6-10-16(17)18(21-22)20(25)23(15-12-13-15)14-8-4-3-5-9-14/h6-7,10-11,14-15H,2-5,8-9,12-13H2,1H3. The van der Waals surface area contributed by atoms with Gasteiger partial charge in [-0.05, 0) is 38.7 Å². The van der Waals surface area contributed by atoms with Crippen LogP contribution in [0, 0.1) is 0 Å². The van der Waals surface area contributed by atoms with Crippen LogP contribution in [0.1, 0.15) is 62.4 Å². The minimum Gasteiger partial charge on any atom is -0.331 e. The number of carbonyl (C=O) groups is 1. The van der Waals surface area contributed by atoms with Gasteiger partial charge in [-0.1, -0.05) is 37.5 Å². The van der Waals surface area contributed by atoms with E-state index in [0.29, 0.717) is 35.1 Å². The number of aryl methyl sites for hydroxylation is 1. The second-order valence-corrected chi connectivity index (χ2v) is 7.25. The van der Waals surface area contributed by atoms with Gasteiger partial charge in [0.2, 0.25) is 0 Å². The van der Waals surface area contributed by atoms with Crippen molar-refractivity contribution in [3.05, 3.63) is 40.3 Å². The predicted molar refractivity (Wildman–Crippen MR) is 97.7 cm³/mol. The van der Waals surface area contributed by atoms with Gasteiger partial charge in [-0.15, -0.1) is 0 Å². The molecule has 0 unspecified atom stereocenters. The van der Waals surface area contributed by atoms with Crippen LogP contribution in [0.15, 0.2) is 29.1 Å². The van der Waals surface area contributed by atoms with Crippen LogP contribution in [-0.4, -0.2) is 32.7 Å². The molecular formula is C20H25N3O2. The van der Waals surface area contributed by atoms with Gasteiger partial charge in [-0.2, -0.15) is 5.10 Å². The second kappa shape index (κ2) is 6.62. The van der Waals surface area contributed by atoms with Crippen molar-refractivity contribution in [2.75, 3.05) is 0 Å². The lowest BCUT2D eigenvalue weighted by Gasteiger charge is -2.34. The molecule has 1 heterocycles. The predicted octanol–water partition coefficient (Wildman–Crippen LogP) is 3.35. The Kier molecular flexibility index (Phi) is 4.32. The molecule has 2 aliphatic rings. The van der Waals surface area contributed by atoms with Gasteiger partial charge < -0.3 is 4.90 Å². The number of amides is 1. The van der Waals surface area contributed by atoms with Crippen LogP contribution in [0.25, 0.3) is 10.8 Å². The second-order valence-electron chi connectivity index (χ2n) is 7.25. The molecule has 1 aromatic carbocycles. The molecule has 0 N–H and O–H groups in total. The minimum absolute atomic E-state index is 0.00722. The minimum atomic E-state index is -0.120. The topological polar surface area (TPSA) is 55.2 Å². The van der Waals surface area contributed by atoms with E-state index in [2.05, 4.69) is 10.00 Å². The van der Waals surface area contributed by atoms with Crippen molar-refractivity contribution in [1.29, 1.82) is 0 Å². The van der Waals surface area contributed by atoms with Crippen LogP contribution in [-0.2, 0) is 6.54 Å². The van der Waals surface area contributed by atoms with E-state index in [1.807, 2.05) is 25.1 Å². The molecule has 0 spiro atoms. The van der Waals surface area contributed by atoms with E-state index in [9.17, 15) is 9.59 Å². The Morgan fingerprint density at radius 2 is 1.72 bits per heavy atom. The zero-order chi connectivity index (χ0) is 17.4. The summed E-state index contributed by atoms with van der Waals surface area (Å²) in [6.07, 6.45) is 8.03. The van der Waals surface area contributed by atoms with E-state index in [-0.39, 0.29) is 11.5 Å². The summed E-state index contributed by atoms with van der Waals surface area (Å²) in [4.78, 5) is 28.1. The molecule has 2 aromatic rings. The Balaban J connectivity index is 1.80. The maximum Gasteiger partial charge on any atom is 0.275 e. The van der Waals surface area contributed by atoms with Crippen molar-refractivity contribution < 1.29 is 4.79 Å². The summed E-state index contributed by atoms with van der Waals surface area (Å²) in [7, 11) is 0. The van der Waals surface area contributed by atoms with Gasteiger partial charge in [0.15, 0.2) is 5.69 Å². The lowest BCUT2D eigenvalue weighted by Crippen LogP contribution is -2.44. The first-order valence-electron chi connectivity index (χ1n) is 9.53. The molecule has 25 heavy (non-hydrogen) atoms. The number of carbonyl (C=O) groups excluding carboxylic acids is 1. The molecule has 0 bridgehead atoms. The summed E-state index contributed by atoms with van der Waals surface area (Å²) in [6.45, 7) is 2.36. The number of benzene rings is 1. The molecule has 5 nitrogen and oxygen atoms in total. The van der Waals surface area contributed by atoms with Crippen molar-refractivity contribution in [1.82, 2.24) is 14.7 Å². The Bertz CT molecular complexity index is 848. The molecule has 0 radical (unpaired) electrons. The highest BCUT2D eigenvalue weighted by atomic mass is 16.2. The molecule has 2 aliphatic carbocycles. The number of fused-ring (bicyclic) bond motifs is 1. The molecule has 132 valence electrons. The van der Waals surface area contributed by atoms with E-state index in [1.54, 1.807) is 6.07 Å². The van der Waals surface area contributed by atoms with Crippen molar-refractivity contribution >= 4 is 16.7 Å². The average molecular weight is 339 g/mol. The molecule has 5 heteroatoms. The monoisotopic (exact) mass is 339 g/mol. The van der Waals surface area contributed by atoms with Gasteiger partial charge >= 0.3 is 0 Å². The van der Waals surface area contributed by atoms with E-state index in [1.165, 1.54) is 23.9 Å². The molecule has 0 saturated heterocycles. The Morgan fingerprint density at radius 1 is 1.08 bits per heavy atom. The van der Waals surface area contributed by atoms with Gasteiger partial charge in [-0.25, -0.2) is 4.68 Å². The van der Waals surface area contributed by atoms with E-state index < -0.39 is 0 Å². The Labute approximate surface area is 147 Å². The van der Waals surface area contributed by atoms with Gasteiger partial charge in [-0.3, -0.25) is 9.59 Å². The number of aromatic nitrogens is 2. The average Bonchev–Trinajstić information content (AvgIpc) is 3.48. The van der Waals surface area contributed by atoms with E-state index in [4.69, 9.17) is 0 Å². The third-order valence-electron chi connectivity index (χ3n) is 5.51. The summed E-state index contributed by atoms with van der Waals surface area (Å²) >= 11 is 0. The van der Waals surface area contributed by atoms with Crippen LogP contribution < -0.4 is 5.56 Å². The smallest absolute Gasteiger partial charge is 0.275 e. The lowest BCUT2D eigenvalue weighted by molar-refractivity contribution is 0.0607. The third-order valence-corrected chi connectivity index (χ3v) is 5.51. The lowest BCUT2D eigenvalue weighted by atomic mass is 9.93. The van der Waals surface area contributed by atoms with Crippen molar-refractivity contribution in [3.8, 4) is 0 Å². The fourth-order valence-corrected chi connectivity index (χ4v) is 4.07. The zero-order valence-electron chi connectivity index (χ0n) is 14.8. The zero-order valence-corrected chi connectivity index (χ0v) is 14.8. The highest BCUT2D eigenvalue weighted by Gasteiger charge is 2.39. The first-order chi connectivity index (χ1) is 12.2. The SMILES string of the molecule is CCn1nc(C(=O)N(C2CCCCC2)C2CC2)c2ccccc2c1=O. The molecule has 4 rings (SSSR count). The fraction of sp³-hybridized carbons (Fsp3) is 0.550. The van der Waals surface area contributed by atoms with Gasteiger partial charge in [0, 0.05) is 24.0 Å². The van der Waals surface area contributed by atoms with Crippen LogP contribution in [0.3, 0.4) is 0 Å². The first kappa shape index (κ1) is 16.3. The summed E-state index contributed by atoms with van der Waals surface area (Å²) in [6, 6.07) is 8.05. The van der Waals surface area contributed by atoms with Crippen LogP contribution in [0.5, 0.6) is 0 Å². The van der Waals surface area contributed by atoms with Crippen LogP contribution in [0.4, 0.5) is 0 Å². The van der Waals surface area contributed by atoms with Crippen molar-refractivity contribution in [2.45, 2.75) is 70.5 Å². The normalized spacial score (nSPS) is 18.4. The molecule has 0 aliphatic heterocycles. The maximum atomic E-state index is 13.5. The van der Waals surface area contributed by atoms with E-state index >= 15 is 0 Å². The fourth-order valence-electron chi connectivity index (χ4n) is 4.07. The number of hydrogen-bond donors (Lipinski definition) is 0. The molecule has 2 saturated carbocycles. The first-order valence-corrected chi connectivity index (χ1v) is 9.53. The summed E-state index contributed by atoms with van der Waals surface area (Å²) in [5.74, 6) is 0.00722. The highest BCUT2D eigenvalue weighted by Crippen LogP contribution is 2.35. The summed E-state index contributed by atoms with van der Waals surface area (Å²) in [5, 5.41) is 5.73. The number of rotatable bonds is 4. The molecule has 1 amide bonds. The molecule has 0 atom stereocenters. The molecule has 1 aromatic heterocycles.